The number of methoxy groups -OCH3 is 1. The predicted octanol–water partition coefficient (Wildman–Crippen LogP) is 2.99. The van der Waals surface area contributed by atoms with Crippen LogP contribution in [0.1, 0.15) is 73.4 Å². The van der Waals surface area contributed by atoms with Gasteiger partial charge in [-0.2, -0.15) is 0 Å². The van der Waals surface area contributed by atoms with Crippen molar-refractivity contribution in [2.24, 2.45) is 29.4 Å². The van der Waals surface area contributed by atoms with Crippen molar-refractivity contribution in [3.8, 4) is 22.6 Å². The van der Waals surface area contributed by atoms with Gasteiger partial charge in [0, 0.05) is 18.0 Å². The Morgan fingerprint density at radius 3 is 2.40 bits per heavy atom. The number of benzene rings is 2. The molecule has 0 bridgehead atoms. The summed E-state index contributed by atoms with van der Waals surface area (Å²) in [7, 11) is 4.68. The van der Waals surface area contributed by atoms with Gasteiger partial charge < -0.3 is 26.0 Å². The van der Waals surface area contributed by atoms with Gasteiger partial charge in [0.2, 0.25) is 5.91 Å². The zero-order chi connectivity index (χ0) is 34.9. The average molecular weight is 662 g/mol. The van der Waals surface area contributed by atoms with Gasteiger partial charge in [-0.1, -0.05) is 51.2 Å². The van der Waals surface area contributed by atoms with E-state index in [2.05, 4.69) is 12.2 Å². The minimum Gasteiger partial charge on any atom is -0.507 e. The number of Topliss-reactive ketones (excluding diaryl/α,β-unsaturated/α-hetero) is 4. The minimum absolute atomic E-state index is 0.0153. The molecule has 2 aromatic carbocycles. The molecule has 3 aliphatic rings. The number of ether oxygens (including phenoxy) is 1. The fourth-order valence-electron chi connectivity index (χ4n) is 8.20. The smallest absolute Gasteiger partial charge is 0.235 e. The second-order valence-corrected chi connectivity index (χ2v) is 13.8. The molecular formula is C37H47N3O8. The van der Waals surface area contributed by atoms with Gasteiger partial charge in [0.1, 0.15) is 11.5 Å². The average Bonchev–Trinajstić information content (AvgIpc) is 3.03. The predicted molar refractivity (Wildman–Crippen MR) is 178 cm³/mol. The number of nitrogens with two attached hydrogens (primary N) is 1. The summed E-state index contributed by atoms with van der Waals surface area (Å²) in [4.78, 5) is 68.9. The van der Waals surface area contributed by atoms with Crippen LogP contribution >= 0.6 is 0 Å². The van der Waals surface area contributed by atoms with E-state index in [1.54, 1.807) is 27.3 Å². The first kappa shape index (κ1) is 35.4. The van der Waals surface area contributed by atoms with Crippen LogP contribution < -0.4 is 15.8 Å². The Kier molecular flexibility index (Phi) is 10.5. The Hall–Kier alpha value is -3.93. The molecular weight excluding hydrogens is 614 g/mol. The van der Waals surface area contributed by atoms with E-state index in [9.17, 15) is 34.2 Å². The Labute approximate surface area is 281 Å². The van der Waals surface area contributed by atoms with E-state index in [-0.39, 0.29) is 24.2 Å². The van der Waals surface area contributed by atoms with Crippen molar-refractivity contribution in [1.82, 2.24) is 10.2 Å². The molecule has 2 fully saturated rings. The third-order valence-electron chi connectivity index (χ3n) is 10.5. The van der Waals surface area contributed by atoms with E-state index >= 15 is 0 Å². The molecule has 11 heteroatoms. The van der Waals surface area contributed by atoms with E-state index < -0.39 is 64.4 Å². The molecule has 3 aliphatic carbocycles. The highest BCUT2D eigenvalue weighted by molar-refractivity contribution is 6.32. The SMILES string of the molecule is CCCCCCCCNCc1ccc(OC)c(-c2ccc(O)c3c2C[C@H]2C[C@H]4[C@H](N(C)C)C(=O)C(C(N)=O)C(=O)[C@@]4(O)C(=O)C2C3=O)c1. The summed E-state index contributed by atoms with van der Waals surface area (Å²) in [6.45, 7) is 3.72. The van der Waals surface area contributed by atoms with Crippen LogP contribution in [0.4, 0.5) is 0 Å². The Bertz CT molecular complexity index is 1620. The maximum atomic E-state index is 14.2. The van der Waals surface area contributed by atoms with Crippen molar-refractivity contribution in [2.45, 2.75) is 76.5 Å². The number of ketones is 4. The maximum absolute atomic E-state index is 14.2. The van der Waals surface area contributed by atoms with E-state index in [1.807, 2.05) is 18.2 Å². The number of nitrogens with one attached hydrogen (secondary N) is 1. The highest BCUT2D eigenvalue weighted by Gasteiger charge is 2.69. The molecule has 2 unspecified atom stereocenters. The van der Waals surface area contributed by atoms with Crippen LogP contribution in [0.15, 0.2) is 30.3 Å². The Morgan fingerprint density at radius 1 is 1.02 bits per heavy atom. The molecule has 0 aromatic heterocycles. The normalized spacial score (nSPS) is 26.7. The second kappa shape index (κ2) is 14.3. The number of aliphatic hydroxyl groups is 1. The van der Waals surface area contributed by atoms with Crippen LogP contribution in [-0.2, 0) is 32.1 Å². The molecule has 0 saturated heterocycles. The van der Waals surface area contributed by atoms with Crippen LogP contribution in [0, 0.1) is 23.7 Å². The van der Waals surface area contributed by atoms with E-state index in [0.29, 0.717) is 23.4 Å². The molecule has 48 heavy (non-hydrogen) atoms. The molecule has 258 valence electrons. The van der Waals surface area contributed by atoms with Crippen molar-refractivity contribution < 1.29 is 38.9 Å². The first-order chi connectivity index (χ1) is 22.9. The molecule has 5 N–H and O–H groups in total. The number of likely N-dealkylation sites (N-methyl/N-ethyl adjacent to an activating group) is 1. The monoisotopic (exact) mass is 661 g/mol. The minimum atomic E-state index is -2.76. The zero-order valence-electron chi connectivity index (χ0n) is 28.2. The van der Waals surface area contributed by atoms with Crippen LogP contribution in [0.2, 0.25) is 0 Å². The van der Waals surface area contributed by atoms with Crippen LogP contribution in [0.5, 0.6) is 11.5 Å². The second-order valence-electron chi connectivity index (χ2n) is 13.8. The highest BCUT2D eigenvalue weighted by atomic mass is 16.5. The maximum Gasteiger partial charge on any atom is 0.235 e. The summed E-state index contributed by atoms with van der Waals surface area (Å²) < 4.78 is 5.72. The number of phenols is 1. The lowest BCUT2D eigenvalue weighted by molar-refractivity contribution is -0.181. The number of carbonyl (C=O) groups is 5. The summed E-state index contributed by atoms with van der Waals surface area (Å²) in [5.74, 6) is -10.2. The number of phenolic OH excluding ortho intramolecular Hbond substituents is 1. The first-order valence-electron chi connectivity index (χ1n) is 17.0. The molecule has 0 aliphatic heterocycles. The van der Waals surface area contributed by atoms with Crippen LogP contribution in [-0.4, -0.2) is 83.5 Å². The summed E-state index contributed by atoms with van der Waals surface area (Å²) in [6.07, 6.45) is 7.40. The van der Waals surface area contributed by atoms with Gasteiger partial charge in [-0.15, -0.1) is 0 Å². The van der Waals surface area contributed by atoms with Crippen LogP contribution in [0.25, 0.3) is 11.1 Å². The van der Waals surface area contributed by atoms with Crippen molar-refractivity contribution in [3.05, 3.63) is 47.0 Å². The molecule has 0 spiro atoms. The Balaban J connectivity index is 1.48. The molecule has 5 rings (SSSR count). The molecule has 2 saturated carbocycles. The number of unbranched alkanes of at least 4 members (excludes halogenated alkanes) is 5. The van der Waals surface area contributed by atoms with Gasteiger partial charge in [0.15, 0.2) is 34.7 Å². The lowest BCUT2D eigenvalue weighted by Crippen LogP contribution is -2.74. The lowest BCUT2D eigenvalue weighted by Gasteiger charge is -2.52. The largest absolute Gasteiger partial charge is 0.507 e. The quantitative estimate of drug-likeness (QED) is 0.184. The van der Waals surface area contributed by atoms with E-state index in [4.69, 9.17) is 10.5 Å². The van der Waals surface area contributed by atoms with E-state index in [1.165, 1.54) is 43.1 Å². The molecule has 0 radical (unpaired) electrons. The number of fused-ring (bicyclic) bond motifs is 3. The van der Waals surface area contributed by atoms with Crippen molar-refractivity contribution >= 4 is 29.0 Å². The van der Waals surface area contributed by atoms with Crippen molar-refractivity contribution in [2.75, 3.05) is 27.7 Å². The van der Waals surface area contributed by atoms with Crippen LogP contribution in [0.3, 0.4) is 0 Å². The fraction of sp³-hybridized carbons (Fsp3) is 0.541. The topological polar surface area (TPSA) is 176 Å². The summed E-state index contributed by atoms with van der Waals surface area (Å²) in [6, 6.07) is 7.80. The van der Waals surface area contributed by atoms with Gasteiger partial charge >= 0.3 is 0 Å². The van der Waals surface area contributed by atoms with Gasteiger partial charge in [0.05, 0.1) is 24.6 Å². The number of hydrogen-bond donors (Lipinski definition) is 4. The standard InChI is InChI=1S/C37H47N3O8/c1-5-6-7-8-9-10-15-39-19-20-11-14-27(48-4)23(16-20)22-12-13-26(41)29-24(22)17-21-18-25-31(40(2)3)33(43)30(36(38)46)35(45)37(25,47)34(44)28(21)32(29)42/h11-14,16,21,25,28,30-31,39,41,47H,5-10,15,17-19H2,1-4H3,(H2,38,46)/t21-,25-,28?,30?,31-,37-/m0/s1. The number of nitrogens with zero attached hydrogens (tertiary/aromatic N) is 1. The number of carbonyl (C=O) groups excluding carboxylic acids is 5. The summed E-state index contributed by atoms with van der Waals surface area (Å²) >= 11 is 0. The van der Waals surface area contributed by atoms with Crippen molar-refractivity contribution in [3.63, 3.8) is 0 Å². The number of hydrogen-bond acceptors (Lipinski definition) is 10. The number of aromatic hydroxyl groups is 1. The molecule has 6 atom stereocenters. The van der Waals surface area contributed by atoms with Gasteiger partial charge in [-0.25, -0.2) is 0 Å². The fourth-order valence-corrected chi connectivity index (χ4v) is 8.20. The highest BCUT2D eigenvalue weighted by Crippen LogP contribution is 2.52. The molecule has 1 amide bonds. The van der Waals surface area contributed by atoms with Gasteiger partial charge in [-0.3, -0.25) is 28.9 Å². The van der Waals surface area contributed by atoms with Gasteiger partial charge in [-0.05, 0) is 80.7 Å². The number of rotatable bonds is 13. The van der Waals surface area contributed by atoms with Gasteiger partial charge in [0.25, 0.3) is 0 Å². The lowest BCUT2D eigenvalue weighted by atomic mass is 9.52. The molecule has 11 nitrogen and oxygen atoms in total. The van der Waals surface area contributed by atoms with Crippen molar-refractivity contribution in [1.29, 1.82) is 0 Å². The third-order valence-corrected chi connectivity index (χ3v) is 10.5. The summed E-state index contributed by atoms with van der Waals surface area (Å²) in [5.41, 5.74) is 5.51. The molecule has 0 heterocycles. The summed E-state index contributed by atoms with van der Waals surface area (Å²) in [5, 5.41) is 26.3. The number of amides is 1. The zero-order valence-corrected chi connectivity index (χ0v) is 28.2. The first-order valence-corrected chi connectivity index (χ1v) is 17.0. The molecule has 2 aromatic rings. The number of primary amides is 1. The van der Waals surface area contributed by atoms with E-state index in [0.717, 1.165) is 24.1 Å². The third kappa shape index (κ3) is 6.08. The Morgan fingerprint density at radius 2 is 1.73 bits per heavy atom.